The Morgan fingerprint density at radius 1 is 0.492 bits per heavy atom. The Morgan fingerprint density at radius 2 is 0.869 bits per heavy atom. The number of nitrogens with one attached hydrogen (secondary N) is 1. The van der Waals surface area contributed by atoms with Gasteiger partial charge in [-0.25, -0.2) is 0 Å². The summed E-state index contributed by atoms with van der Waals surface area (Å²) in [5, 5.41) is 23.7. The van der Waals surface area contributed by atoms with E-state index in [2.05, 4.69) is 38.2 Å². The summed E-state index contributed by atoms with van der Waals surface area (Å²) in [7, 11) is 0. The second kappa shape index (κ2) is 49.4. The molecule has 0 spiro atoms. The fourth-order valence-electron chi connectivity index (χ4n) is 8.40. The Labute approximate surface area is 380 Å². The summed E-state index contributed by atoms with van der Waals surface area (Å²) in [6.45, 7) is 6.47. The van der Waals surface area contributed by atoms with E-state index in [1.807, 2.05) is 12.2 Å². The third-order valence-electron chi connectivity index (χ3n) is 12.5. The summed E-state index contributed by atoms with van der Waals surface area (Å²) < 4.78 is 5.84. The lowest BCUT2D eigenvalue weighted by atomic mass is 10.0. The van der Waals surface area contributed by atoms with E-state index in [0.717, 1.165) is 51.4 Å². The number of unbranched alkanes of at least 4 members (excludes halogenated alkanes) is 35. The Morgan fingerprint density at radius 3 is 1.28 bits per heavy atom. The van der Waals surface area contributed by atoms with Crippen LogP contribution in [0, 0.1) is 0 Å². The average molecular weight is 860 g/mol. The van der Waals surface area contributed by atoms with Crippen LogP contribution in [0.2, 0.25) is 0 Å². The molecule has 6 heteroatoms. The first-order chi connectivity index (χ1) is 30.0. The van der Waals surface area contributed by atoms with Crippen molar-refractivity contribution in [1.82, 2.24) is 5.32 Å². The Balaban J connectivity index is 4.52. The van der Waals surface area contributed by atoms with Gasteiger partial charge in [-0.15, -0.1) is 0 Å². The number of carbonyl (C=O) groups excluding carboxylic acids is 2. The van der Waals surface area contributed by atoms with Crippen LogP contribution in [0.25, 0.3) is 0 Å². The number of ether oxygens (including phenoxy) is 1. The molecule has 3 unspecified atom stereocenters. The maximum Gasteiger partial charge on any atom is 0.306 e. The Hall–Kier alpha value is -1.66. The largest absolute Gasteiger partial charge is 0.458 e. The van der Waals surface area contributed by atoms with Crippen molar-refractivity contribution in [1.29, 1.82) is 0 Å². The number of amides is 1. The van der Waals surface area contributed by atoms with Crippen molar-refractivity contribution in [2.75, 3.05) is 6.61 Å². The number of aliphatic hydroxyl groups is 2. The van der Waals surface area contributed by atoms with Crippen molar-refractivity contribution in [2.24, 2.45) is 0 Å². The minimum Gasteiger partial charge on any atom is -0.458 e. The zero-order chi connectivity index (χ0) is 44.5. The highest BCUT2D eigenvalue weighted by Crippen LogP contribution is 2.17. The predicted octanol–water partition coefficient (Wildman–Crippen LogP) is 16.3. The number of esters is 1. The third kappa shape index (κ3) is 44.7. The van der Waals surface area contributed by atoms with Crippen LogP contribution in [-0.2, 0) is 14.3 Å². The molecule has 360 valence electrons. The van der Waals surface area contributed by atoms with Gasteiger partial charge in [-0.1, -0.05) is 264 Å². The lowest BCUT2D eigenvalue weighted by Crippen LogP contribution is -2.46. The molecule has 3 atom stereocenters. The summed E-state index contributed by atoms with van der Waals surface area (Å²) in [5.74, 6) is -0.587. The smallest absolute Gasteiger partial charge is 0.306 e. The summed E-state index contributed by atoms with van der Waals surface area (Å²) in [6.07, 6.45) is 57.0. The highest BCUT2D eigenvalue weighted by molar-refractivity contribution is 5.78. The SMILES string of the molecule is CCCCCCCC/C=C\C/C=C/C(CC(=O)NC(CO)C(O)CCCCCCCCCCCCCCCCCC)OC(=O)CCCCCCCCCCCCCCCCC. The van der Waals surface area contributed by atoms with E-state index in [0.29, 0.717) is 12.8 Å². The average Bonchev–Trinajstić information content (AvgIpc) is 3.25. The van der Waals surface area contributed by atoms with Crippen molar-refractivity contribution in [3.8, 4) is 0 Å². The molecule has 0 rings (SSSR count). The van der Waals surface area contributed by atoms with Gasteiger partial charge in [0.2, 0.25) is 5.91 Å². The molecule has 0 heterocycles. The molecule has 0 saturated heterocycles. The molecule has 0 bridgehead atoms. The minimum atomic E-state index is -0.806. The third-order valence-corrected chi connectivity index (χ3v) is 12.5. The van der Waals surface area contributed by atoms with Gasteiger partial charge in [0, 0.05) is 6.42 Å². The van der Waals surface area contributed by atoms with Crippen LogP contribution in [0.5, 0.6) is 0 Å². The molecule has 1 amide bonds. The molecule has 0 radical (unpaired) electrons. The molecule has 0 saturated carbocycles. The molecule has 0 aliphatic carbocycles. The van der Waals surface area contributed by atoms with Crippen LogP contribution in [0.15, 0.2) is 24.3 Å². The first kappa shape index (κ1) is 59.3. The van der Waals surface area contributed by atoms with Gasteiger partial charge in [-0.05, 0) is 38.2 Å². The van der Waals surface area contributed by atoms with Crippen LogP contribution in [0.1, 0.15) is 290 Å². The van der Waals surface area contributed by atoms with E-state index in [1.54, 1.807) is 0 Å². The number of hydrogen-bond acceptors (Lipinski definition) is 5. The highest BCUT2D eigenvalue weighted by Gasteiger charge is 2.23. The van der Waals surface area contributed by atoms with Crippen LogP contribution in [0.3, 0.4) is 0 Å². The fraction of sp³-hybridized carbons (Fsp3) is 0.891. The van der Waals surface area contributed by atoms with Crippen LogP contribution < -0.4 is 5.32 Å². The van der Waals surface area contributed by atoms with Gasteiger partial charge in [0.15, 0.2) is 0 Å². The van der Waals surface area contributed by atoms with Crippen LogP contribution in [0.4, 0.5) is 0 Å². The van der Waals surface area contributed by atoms with Crippen molar-refractivity contribution < 1.29 is 24.5 Å². The molecular weight excluding hydrogens is 755 g/mol. The summed E-state index contributed by atoms with van der Waals surface area (Å²) in [5.41, 5.74) is 0. The molecule has 0 aliphatic rings. The standard InChI is InChI=1S/C55H105NO5/c1-4-7-10-13-16-19-22-24-26-28-29-32-35-38-41-44-47-53(58)52(50-57)56-54(59)49-51(46-43-40-37-34-31-21-18-15-12-9-6-3)61-55(60)48-45-42-39-36-33-30-27-25-23-20-17-14-11-8-5-2/h34,37,43,46,51-53,57-58H,4-33,35-36,38-42,44-45,47-50H2,1-3H3,(H,56,59)/b37-34-,46-43+. The van der Waals surface area contributed by atoms with Gasteiger partial charge in [0.1, 0.15) is 6.10 Å². The first-order valence-electron chi connectivity index (χ1n) is 27.1. The van der Waals surface area contributed by atoms with E-state index < -0.39 is 18.2 Å². The van der Waals surface area contributed by atoms with E-state index in [9.17, 15) is 19.8 Å². The molecule has 6 nitrogen and oxygen atoms in total. The number of hydrogen-bond donors (Lipinski definition) is 3. The molecular formula is C55H105NO5. The number of aliphatic hydroxyl groups excluding tert-OH is 2. The van der Waals surface area contributed by atoms with Crippen molar-refractivity contribution in [2.45, 2.75) is 309 Å². The van der Waals surface area contributed by atoms with E-state index >= 15 is 0 Å². The Bertz CT molecular complexity index is 966. The topological polar surface area (TPSA) is 95.9 Å². The molecule has 3 N–H and O–H groups in total. The zero-order valence-electron chi connectivity index (χ0n) is 41.1. The van der Waals surface area contributed by atoms with Gasteiger partial charge in [-0.3, -0.25) is 9.59 Å². The molecule has 0 fully saturated rings. The fourth-order valence-corrected chi connectivity index (χ4v) is 8.40. The van der Waals surface area contributed by atoms with Crippen molar-refractivity contribution >= 4 is 11.9 Å². The van der Waals surface area contributed by atoms with Gasteiger partial charge >= 0.3 is 5.97 Å². The van der Waals surface area contributed by atoms with Crippen LogP contribution in [-0.4, -0.2) is 46.9 Å². The van der Waals surface area contributed by atoms with Crippen LogP contribution >= 0.6 is 0 Å². The minimum absolute atomic E-state index is 0.0230. The number of carbonyl (C=O) groups is 2. The molecule has 0 aromatic heterocycles. The maximum atomic E-state index is 13.2. The van der Waals surface area contributed by atoms with Gasteiger partial charge < -0.3 is 20.3 Å². The summed E-state index contributed by atoms with van der Waals surface area (Å²) in [6, 6.07) is -0.727. The molecule has 0 aliphatic heterocycles. The maximum absolute atomic E-state index is 13.2. The zero-order valence-corrected chi connectivity index (χ0v) is 41.1. The number of allylic oxidation sites excluding steroid dienone is 3. The first-order valence-corrected chi connectivity index (χ1v) is 27.1. The lowest BCUT2D eigenvalue weighted by molar-refractivity contribution is -0.148. The van der Waals surface area contributed by atoms with E-state index in [1.165, 1.54) is 199 Å². The summed E-state index contributed by atoms with van der Waals surface area (Å²) in [4.78, 5) is 26.1. The quantitative estimate of drug-likeness (QED) is 0.0322. The van der Waals surface area contributed by atoms with Gasteiger partial charge in [0.25, 0.3) is 0 Å². The van der Waals surface area contributed by atoms with Crippen molar-refractivity contribution in [3.05, 3.63) is 24.3 Å². The van der Waals surface area contributed by atoms with Gasteiger partial charge in [-0.2, -0.15) is 0 Å². The van der Waals surface area contributed by atoms with Gasteiger partial charge in [0.05, 0.1) is 25.2 Å². The highest BCUT2D eigenvalue weighted by atomic mass is 16.5. The predicted molar refractivity (Wildman–Crippen MR) is 264 cm³/mol. The summed E-state index contributed by atoms with van der Waals surface area (Å²) >= 11 is 0. The molecule has 0 aromatic rings. The van der Waals surface area contributed by atoms with E-state index in [4.69, 9.17) is 4.74 Å². The van der Waals surface area contributed by atoms with Crippen molar-refractivity contribution in [3.63, 3.8) is 0 Å². The monoisotopic (exact) mass is 860 g/mol. The normalized spacial score (nSPS) is 13.3. The number of rotatable bonds is 49. The second-order valence-corrected chi connectivity index (χ2v) is 18.6. The molecule has 61 heavy (non-hydrogen) atoms. The van der Waals surface area contributed by atoms with E-state index in [-0.39, 0.29) is 24.9 Å². The Kier molecular flexibility index (Phi) is 48.0. The lowest BCUT2D eigenvalue weighted by Gasteiger charge is -2.23. The second-order valence-electron chi connectivity index (χ2n) is 18.6. The molecule has 0 aromatic carbocycles.